The molecule has 4 rings (SSSR count). The molecule has 2 amide bonds. The highest BCUT2D eigenvalue weighted by molar-refractivity contribution is 7.92. The highest BCUT2D eigenvalue weighted by atomic mass is 32.2. The minimum Gasteiger partial charge on any atom is -0.484 e. The number of hydrogen-bond acceptors (Lipinski definition) is 6. The second kappa shape index (κ2) is 13.1. The molecule has 0 unspecified atom stereocenters. The summed E-state index contributed by atoms with van der Waals surface area (Å²) in [5, 5.41) is 2.72. The van der Waals surface area contributed by atoms with E-state index in [1.54, 1.807) is 19.1 Å². The third-order valence-electron chi connectivity index (χ3n) is 6.04. The molecule has 0 bridgehead atoms. The van der Waals surface area contributed by atoms with Gasteiger partial charge in [0.1, 0.15) is 29.2 Å². The van der Waals surface area contributed by atoms with E-state index < -0.39 is 46.1 Å². The molecule has 1 aromatic heterocycles. The molecule has 0 saturated heterocycles. The first kappa shape index (κ1) is 29.3. The Hall–Kier alpha value is -4.71. The normalized spacial score (nSPS) is 11.9. The Labute approximate surface area is 235 Å². The van der Waals surface area contributed by atoms with E-state index in [1.165, 1.54) is 71.8 Å². The monoisotopic (exact) mass is 583 g/mol. The molecule has 12 heteroatoms. The van der Waals surface area contributed by atoms with Gasteiger partial charge in [-0.2, -0.15) is 0 Å². The molecule has 1 heterocycles. The van der Waals surface area contributed by atoms with Crippen molar-refractivity contribution in [2.24, 2.45) is 0 Å². The quantitative estimate of drug-likeness (QED) is 0.254. The molecule has 0 radical (unpaired) electrons. The van der Waals surface area contributed by atoms with Crippen LogP contribution in [0, 0.1) is 11.6 Å². The van der Waals surface area contributed by atoms with Crippen LogP contribution < -0.4 is 14.8 Å². The fourth-order valence-electron chi connectivity index (χ4n) is 3.78. The smallest absolute Gasteiger partial charge is 0.261 e. The summed E-state index contributed by atoms with van der Waals surface area (Å²) < 4.78 is 65.0. The molecule has 0 aliphatic rings. The number of ether oxygens (including phenoxy) is 1. The zero-order chi connectivity index (χ0) is 29.4. The fourth-order valence-corrected chi connectivity index (χ4v) is 4.84. The number of amides is 2. The molecule has 9 nitrogen and oxygen atoms in total. The summed E-state index contributed by atoms with van der Waals surface area (Å²) in [5.74, 6) is -1.12. The lowest BCUT2D eigenvalue weighted by Gasteiger charge is -2.28. The number of nitrogens with zero attached hydrogens (tertiary/aromatic N) is 1. The number of rotatable bonds is 12. The van der Waals surface area contributed by atoms with Crippen molar-refractivity contribution in [3.63, 3.8) is 0 Å². The van der Waals surface area contributed by atoms with E-state index in [4.69, 9.17) is 9.15 Å². The largest absolute Gasteiger partial charge is 0.484 e. The first-order chi connectivity index (χ1) is 19.6. The van der Waals surface area contributed by atoms with Crippen LogP contribution in [0.2, 0.25) is 0 Å². The molecule has 214 valence electrons. The number of sulfonamides is 1. The predicted molar refractivity (Wildman–Crippen MR) is 146 cm³/mol. The molecule has 0 spiro atoms. The number of carbonyl (C=O) groups is 2. The third kappa shape index (κ3) is 8.15. The molecule has 4 aromatic rings. The van der Waals surface area contributed by atoms with E-state index in [9.17, 15) is 26.8 Å². The molecule has 2 N–H and O–H groups in total. The van der Waals surface area contributed by atoms with Crippen LogP contribution >= 0.6 is 0 Å². The number of furan rings is 1. The van der Waals surface area contributed by atoms with Gasteiger partial charge in [-0.1, -0.05) is 12.1 Å². The summed E-state index contributed by atoms with van der Waals surface area (Å²) in [5.41, 5.74) is 0.800. The van der Waals surface area contributed by atoms with Gasteiger partial charge in [-0.05, 0) is 85.3 Å². The van der Waals surface area contributed by atoms with Crippen molar-refractivity contribution < 1.29 is 35.9 Å². The van der Waals surface area contributed by atoms with Crippen LogP contribution in [0.4, 0.5) is 14.5 Å². The molecule has 3 aromatic carbocycles. The van der Waals surface area contributed by atoms with Gasteiger partial charge >= 0.3 is 0 Å². The van der Waals surface area contributed by atoms with Crippen molar-refractivity contribution in [1.29, 1.82) is 0 Å². The van der Waals surface area contributed by atoms with E-state index in [-0.39, 0.29) is 29.4 Å². The Morgan fingerprint density at radius 1 is 0.927 bits per heavy atom. The average molecular weight is 584 g/mol. The predicted octanol–water partition coefficient (Wildman–Crippen LogP) is 4.47. The van der Waals surface area contributed by atoms with Gasteiger partial charge in [0.05, 0.1) is 17.7 Å². The van der Waals surface area contributed by atoms with E-state index in [2.05, 4.69) is 10.0 Å². The molecule has 41 heavy (non-hydrogen) atoms. The molecule has 0 fully saturated rings. The van der Waals surface area contributed by atoms with Gasteiger partial charge in [0.25, 0.3) is 15.9 Å². The van der Waals surface area contributed by atoms with Crippen molar-refractivity contribution in [1.82, 2.24) is 10.2 Å². The van der Waals surface area contributed by atoms with Gasteiger partial charge < -0.3 is 19.4 Å². The first-order valence-electron chi connectivity index (χ1n) is 12.5. The topological polar surface area (TPSA) is 118 Å². The third-order valence-corrected chi connectivity index (χ3v) is 7.44. The number of nitrogens with one attached hydrogen (secondary N) is 2. The summed E-state index contributed by atoms with van der Waals surface area (Å²) in [4.78, 5) is 27.3. The second-order valence-electron chi connectivity index (χ2n) is 8.99. The van der Waals surface area contributed by atoms with Crippen LogP contribution in [-0.2, 0) is 32.7 Å². The van der Waals surface area contributed by atoms with Gasteiger partial charge in [-0.15, -0.1) is 0 Å². The maximum atomic E-state index is 13.4. The van der Waals surface area contributed by atoms with Crippen molar-refractivity contribution in [2.75, 3.05) is 11.3 Å². The number of carbonyl (C=O) groups excluding carboxylic acids is 2. The van der Waals surface area contributed by atoms with Gasteiger partial charge in [-0.25, -0.2) is 17.2 Å². The number of anilines is 1. The molecule has 0 aliphatic carbocycles. The Morgan fingerprint density at radius 3 is 2.17 bits per heavy atom. The second-order valence-corrected chi connectivity index (χ2v) is 10.7. The number of benzene rings is 3. The van der Waals surface area contributed by atoms with E-state index in [1.807, 2.05) is 0 Å². The van der Waals surface area contributed by atoms with Crippen LogP contribution in [0.15, 0.2) is 101 Å². The molecular formula is C29H27F2N3O6S. The lowest BCUT2D eigenvalue weighted by molar-refractivity contribution is -0.142. The standard InChI is InChI=1S/C29H27F2N3O6S/c1-20(29(36)32-17-26-3-2-16-39-26)34(18-21-4-6-22(30)7-5-21)28(35)19-40-25-12-14-27(15-13-25)41(37,38)33-24-10-8-23(31)9-11-24/h2-16,20,33H,17-19H2,1H3,(H,32,36)/t20-/m0/s1. The Kier molecular flexibility index (Phi) is 9.35. The molecule has 0 aliphatic heterocycles. The van der Waals surface area contributed by atoms with Crippen LogP contribution in [0.25, 0.3) is 0 Å². The van der Waals surface area contributed by atoms with E-state index in [0.29, 0.717) is 11.3 Å². The van der Waals surface area contributed by atoms with Gasteiger partial charge in [0, 0.05) is 12.2 Å². The van der Waals surface area contributed by atoms with Crippen molar-refractivity contribution in [3.8, 4) is 5.75 Å². The zero-order valence-electron chi connectivity index (χ0n) is 21.9. The molecular weight excluding hydrogens is 556 g/mol. The summed E-state index contributed by atoms with van der Waals surface area (Å²) in [6, 6.07) is 18.3. The van der Waals surface area contributed by atoms with Crippen molar-refractivity contribution in [3.05, 3.63) is 114 Å². The molecule has 0 saturated carbocycles. The van der Waals surface area contributed by atoms with Crippen LogP contribution in [-0.4, -0.2) is 37.8 Å². The lowest BCUT2D eigenvalue weighted by Crippen LogP contribution is -2.48. The zero-order valence-corrected chi connectivity index (χ0v) is 22.7. The van der Waals surface area contributed by atoms with Crippen LogP contribution in [0.5, 0.6) is 5.75 Å². The maximum Gasteiger partial charge on any atom is 0.261 e. The van der Waals surface area contributed by atoms with Crippen molar-refractivity contribution in [2.45, 2.75) is 31.0 Å². The van der Waals surface area contributed by atoms with Gasteiger partial charge in [0.2, 0.25) is 5.91 Å². The minimum absolute atomic E-state index is 0.0179. The first-order valence-corrected chi connectivity index (χ1v) is 13.9. The fraction of sp³-hybridized carbons (Fsp3) is 0.172. The van der Waals surface area contributed by atoms with E-state index in [0.717, 1.165) is 12.1 Å². The van der Waals surface area contributed by atoms with Crippen molar-refractivity contribution >= 4 is 27.5 Å². The minimum atomic E-state index is -3.95. The van der Waals surface area contributed by atoms with E-state index >= 15 is 0 Å². The average Bonchev–Trinajstić information content (AvgIpc) is 3.49. The Morgan fingerprint density at radius 2 is 1.56 bits per heavy atom. The maximum absolute atomic E-state index is 13.4. The number of halogens is 2. The summed E-state index contributed by atoms with van der Waals surface area (Å²) in [7, 11) is -3.95. The molecule has 1 atom stereocenters. The summed E-state index contributed by atoms with van der Waals surface area (Å²) >= 11 is 0. The van der Waals surface area contributed by atoms with Gasteiger partial charge in [0.15, 0.2) is 6.61 Å². The van der Waals surface area contributed by atoms with Gasteiger partial charge in [-0.3, -0.25) is 14.3 Å². The Bertz CT molecular complexity index is 1560. The summed E-state index contributed by atoms with van der Waals surface area (Å²) in [6.07, 6.45) is 1.48. The lowest BCUT2D eigenvalue weighted by atomic mass is 10.1. The SMILES string of the molecule is C[C@@H](C(=O)NCc1ccco1)N(Cc1ccc(F)cc1)C(=O)COc1ccc(S(=O)(=O)Nc2ccc(F)cc2)cc1. The highest BCUT2D eigenvalue weighted by Crippen LogP contribution is 2.20. The highest BCUT2D eigenvalue weighted by Gasteiger charge is 2.27. The summed E-state index contributed by atoms with van der Waals surface area (Å²) in [6.45, 7) is 1.27. The van der Waals surface area contributed by atoms with Crippen LogP contribution in [0.3, 0.4) is 0 Å². The number of hydrogen-bond donors (Lipinski definition) is 2. The Balaban J connectivity index is 1.41. The van der Waals surface area contributed by atoms with Crippen LogP contribution in [0.1, 0.15) is 18.2 Å².